The highest BCUT2D eigenvalue weighted by Gasteiger charge is 2.15. The van der Waals surface area contributed by atoms with Crippen LogP contribution in [0.15, 0.2) is 22.7 Å². The second-order valence-electron chi connectivity index (χ2n) is 4.35. The number of nitro benzene ring substituents is 1. The van der Waals surface area contributed by atoms with E-state index in [-0.39, 0.29) is 16.7 Å². The number of benzene rings is 1. The Morgan fingerprint density at radius 3 is 2.84 bits per heavy atom. The molecule has 0 bridgehead atoms. The Hall–Kier alpha value is -0.980. The number of hydrogen-bond acceptors (Lipinski definition) is 4. The highest BCUT2D eigenvalue weighted by atomic mass is 79.9. The molecule has 0 saturated carbocycles. The molecule has 0 fully saturated rings. The van der Waals surface area contributed by atoms with E-state index in [9.17, 15) is 10.1 Å². The smallest absolute Gasteiger partial charge is 0.275 e. The molecule has 1 aromatic rings. The first-order valence-corrected chi connectivity index (χ1v) is 7.03. The maximum absolute atomic E-state index is 11.0. The topological polar surface area (TPSA) is 64.4 Å². The summed E-state index contributed by atoms with van der Waals surface area (Å²) in [5.74, 6) is 0. The van der Waals surface area contributed by atoms with E-state index < -0.39 is 0 Å². The van der Waals surface area contributed by atoms with Gasteiger partial charge in [0, 0.05) is 35.8 Å². The molecule has 0 spiro atoms. The summed E-state index contributed by atoms with van der Waals surface area (Å²) in [6.45, 7) is 3.18. The molecule has 1 aromatic carbocycles. The van der Waals surface area contributed by atoms with Crippen molar-refractivity contribution in [1.82, 2.24) is 5.32 Å². The van der Waals surface area contributed by atoms with E-state index in [1.165, 1.54) is 6.07 Å². The standard InChI is InChI=1S/C13H19BrN2O3/c1-3-4-12(9-19-2)15-8-10-5-6-11(14)7-13(10)16(17)18/h5-7,12,15H,3-4,8-9H2,1-2H3. The zero-order chi connectivity index (χ0) is 14.3. The van der Waals surface area contributed by atoms with Crippen LogP contribution in [0.4, 0.5) is 5.69 Å². The molecule has 19 heavy (non-hydrogen) atoms. The van der Waals surface area contributed by atoms with Gasteiger partial charge in [0.1, 0.15) is 0 Å². The van der Waals surface area contributed by atoms with Crippen molar-refractivity contribution in [2.45, 2.75) is 32.4 Å². The van der Waals surface area contributed by atoms with Crippen LogP contribution in [0, 0.1) is 10.1 Å². The number of nitrogens with zero attached hydrogens (tertiary/aromatic N) is 1. The molecule has 6 heteroatoms. The molecule has 0 saturated heterocycles. The van der Waals surface area contributed by atoms with Gasteiger partial charge in [-0.05, 0) is 18.6 Å². The fraction of sp³-hybridized carbons (Fsp3) is 0.538. The third kappa shape index (κ3) is 5.26. The predicted molar refractivity (Wildman–Crippen MR) is 78.2 cm³/mol. The number of nitro groups is 1. The zero-order valence-electron chi connectivity index (χ0n) is 11.2. The summed E-state index contributed by atoms with van der Waals surface area (Å²) >= 11 is 3.25. The SMILES string of the molecule is CCCC(COC)NCc1ccc(Br)cc1[N+](=O)[O-]. The van der Waals surface area contributed by atoms with Gasteiger partial charge < -0.3 is 10.1 Å². The zero-order valence-corrected chi connectivity index (χ0v) is 12.8. The molecule has 1 N–H and O–H groups in total. The van der Waals surface area contributed by atoms with E-state index in [4.69, 9.17) is 4.74 Å². The van der Waals surface area contributed by atoms with E-state index >= 15 is 0 Å². The van der Waals surface area contributed by atoms with Gasteiger partial charge in [0.05, 0.1) is 11.5 Å². The van der Waals surface area contributed by atoms with Crippen molar-refractivity contribution in [1.29, 1.82) is 0 Å². The second-order valence-corrected chi connectivity index (χ2v) is 5.27. The molecule has 0 aliphatic rings. The third-order valence-corrected chi connectivity index (χ3v) is 3.32. The molecule has 0 aliphatic carbocycles. The third-order valence-electron chi connectivity index (χ3n) is 2.83. The van der Waals surface area contributed by atoms with Crippen LogP contribution in [0.25, 0.3) is 0 Å². The van der Waals surface area contributed by atoms with E-state index in [2.05, 4.69) is 28.2 Å². The normalized spacial score (nSPS) is 12.4. The Bertz CT molecular complexity index is 420. The summed E-state index contributed by atoms with van der Waals surface area (Å²) < 4.78 is 5.85. The molecule has 1 unspecified atom stereocenters. The maximum Gasteiger partial charge on any atom is 0.275 e. The summed E-state index contributed by atoms with van der Waals surface area (Å²) in [5.41, 5.74) is 0.819. The predicted octanol–water partition coefficient (Wildman–Crippen LogP) is 3.26. The van der Waals surface area contributed by atoms with Crippen LogP contribution < -0.4 is 5.32 Å². The van der Waals surface area contributed by atoms with Gasteiger partial charge in [0.2, 0.25) is 0 Å². The molecule has 0 radical (unpaired) electrons. The van der Waals surface area contributed by atoms with Gasteiger partial charge >= 0.3 is 0 Å². The summed E-state index contributed by atoms with van der Waals surface area (Å²) in [5, 5.41) is 14.3. The Morgan fingerprint density at radius 1 is 1.53 bits per heavy atom. The summed E-state index contributed by atoms with van der Waals surface area (Å²) in [6, 6.07) is 5.33. The van der Waals surface area contributed by atoms with Crippen molar-refractivity contribution in [2.75, 3.05) is 13.7 Å². The molecular formula is C13H19BrN2O3. The molecule has 0 amide bonds. The lowest BCUT2D eigenvalue weighted by molar-refractivity contribution is -0.385. The number of methoxy groups -OCH3 is 1. The minimum Gasteiger partial charge on any atom is -0.383 e. The van der Waals surface area contributed by atoms with Crippen LogP contribution in [0.5, 0.6) is 0 Å². The van der Waals surface area contributed by atoms with Crippen LogP contribution in [-0.2, 0) is 11.3 Å². The highest BCUT2D eigenvalue weighted by molar-refractivity contribution is 9.10. The molecule has 0 aromatic heterocycles. The van der Waals surface area contributed by atoms with Crippen LogP contribution >= 0.6 is 15.9 Å². The molecule has 5 nitrogen and oxygen atoms in total. The molecular weight excluding hydrogens is 312 g/mol. The summed E-state index contributed by atoms with van der Waals surface area (Å²) in [6.07, 6.45) is 2.03. The number of halogens is 1. The van der Waals surface area contributed by atoms with Gasteiger partial charge in [-0.2, -0.15) is 0 Å². The number of hydrogen-bond donors (Lipinski definition) is 1. The Kier molecular flexibility index (Phi) is 6.97. The van der Waals surface area contributed by atoms with Crippen molar-refractivity contribution in [3.8, 4) is 0 Å². The summed E-state index contributed by atoms with van der Waals surface area (Å²) in [4.78, 5) is 10.6. The fourth-order valence-electron chi connectivity index (χ4n) is 1.90. The first-order chi connectivity index (χ1) is 9.08. The van der Waals surface area contributed by atoms with E-state index in [0.29, 0.717) is 23.2 Å². The van der Waals surface area contributed by atoms with Crippen molar-refractivity contribution in [2.24, 2.45) is 0 Å². The number of rotatable bonds is 8. The molecule has 1 atom stereocenters. The minimum atomic E-state index is -0.354. The van der Waals surface area contributed by atoms with Crippen LogP contribution in [0.1, 0.15) is 25.3 Å². The first kappa shape index (κ1) is 16.1. The first-order valence-electron chi connectivity index (χ1n) is 6.23. The van der Waals surface area contributed by atoms with Crippen LogP contribution in [-0.4, -0.2) is 24.7 Å². The van der Waals surface area contributed by atoms with Gasteiger partial charge in [0.15, 0.2) is 0 Å². The maximum atomic E-state index is 11.0. The van der Waals surface area contributed by atoms with E-state index in [0.717, 1.165) is 12.8 Å². The van der Waals surface area contributed by atoms with Gasteiger partial charge in [0.25, 0.3) is 5.69 Å². The van der Waals surface area contributed by atoms with Crippen LogP contribution in [0.3, 0.4) is 0 Å². The van der Waals surface area contributed by atoms with Crippen molar-refractivity contribution in [3.63, 3.8) is 0 Å². The van der Waals surface area contributed by atoms with Gasteiger partial charge in [-0.3, -0.25) is 10.1 Å². The average molecular weight is 331 g/mol. The fourth-order valence-corrected chi connectivity index (χ4v) is 2.25. The Labute approximate surface area is 121 Å². The lowest BCUT2D eigenvalue weighted by Crippen LogP contribution is -2.32. The molecule has 0 heterocycles. The van der Waals surface area contributed by atoms with Gasteiger partial charge in [-0.1, -0.05) is 29.3 Å². The van der Waals surface area contributed by atoms with E-state index in [1.807, 2.05) is 6.07 Å². The van der Waals surface area contributed by atoms with E-state index in [1.54, 1.807) is 13.2 Å². The quantitative estimate of drug-likeness (QED) is 0.587. The minimum absolute atomic E-state index is 0.134. The monoisotopic (exact) mass is 330 g/mol. The molecule has 106 valence electrons. The Morgan fingerprint density at radius 2 is 2.26 bits per heavy atom. The number of ether oxygens (including phenoxy) is 1. The van der Waals surface area contributed by atoms with Crippen molar-refractivity contribution < 1.29 is 9.66 Å². The average Bonchev–Trinajstić information content (AvgIpc) is 2.37. The van der Waals surface area contributed by atoms with Crippen molar-refractivity contribution >= 4 is 21.6 Å². The van der Waals surface area contributed by atoms with Crippen LogP contribution in [0.2, 0.25) is 0 Å². The van der Waals surface area contributed by atoms with Gasteiger partial charge in [-0.15, -0.1) is 0 Å². The lowest BCUT2D eigenvalue weighted by atomic mass is 10.1. The largest absolute Gasteiger partial charge is 0.383 e. The Balaban J connectivity index is 2.73. The highest BCUT2D eigenvalue weighted by Crippen LogP contribution is 2.23. The summed E-state index contributed by atoms with van der Waals surface area (Å²) in [7, 11) is 1.66. The lowest BCUT2D eigenvalue weighted by Gasteiger charge is -2.17. The van der Waals surface area contributed by atoms with Gasteiger partial charge in [-0.25, -0.2) is 0 Å². The van der Waals surface area contributed by atoms with Crippen molar-refractivity contribution in [3.05, 3.63) is 38.3 Å². The molecule has 0 aliphatic heterocycles. The second kappa shape index (κ2) is 8.24. The number of nitrogens with one attached hydrogen (secondary N) is 1. The molecule has 1 rings (SSSR count).